The predicted octanol–water partition coefficient (Wildman–Crippen LogP) is 2.84. The number of ether oxygens (including phenoxy) is 1. The van der Waals surface area contributed by atoms with Gasteiger partial charge in [0, 0.05) is 0 Å². The zero-order valence-electron chi connectivity index (χ0n) is 8.77. The van der Waals surface area contributed by atoms with Gasteiger partial charge in [0.1, 0.15) is 5.75 Å². The van der Waals surface area contributed by atoms with Gasteiger partial charge in [0.05, 0.1) is 6.61 Å². The molecule has 0 bridgehead atoms. The third-order valence-electron chi connectivity index (χ3n) is 2.04. The fraction of sp³-hybridized carbons (Fsp3) is 0.400. The van der Waals surface area contributed by atoms with E-state index in [1.807, 2.05) is 6.92 Å². The van der Waals surface area contributed by atoms with Gasteiger partial charge in [0.15, 0.2) is 0 Å². The summed E-state index contributed by atoms with van der Waals surface area (Å²) in [7, 11) is 0. The number of hydrogen-bond acceptors (Lipinski definition) is 1. The maximum atomic E-state index is 12.4. The largest absolute Gasteiger partial charge is 0.509 e. The van der Waals surface area contributed by atoms with Crippen LogP contribution < -0.4 is 10.2 Å². The highest BCUT2D eigenvalue weighted by Gasteiger charge is 2.25. The van der Waals surface area contributed by atoms with Crippen LogP contribution in [-0.4, -0.2) is 13.6 Å². The molecule has 0 unspecified atom stereocenters. The van der Waals surface area contributed by atoms with Crippen molar-refractivity contribution in [3.63, 3.8) is 0 Å². The minimum atomic E-state index is -4.91. The zero-order chi connectivity index (χ0) is 11.5. The fourth-order valence-corrected chi connectivity index (χ4v) is 1.25. The fourth-order valence-electron chi connectivity index (χ4n) is 1.25. The Kier molecular flexibility index (Phi) is 3.66. The van der Waals surface area contributed by atoms with Crippen LogP contribution in [0.15, 0.2) is 18.2 Å². The average Bonchev–Trinajstić information content (AvgIpc) is 2.14. The van der Waals surface area contributed by atoms with Crippen LogP contribution >= 0.6 is 0 Å². The van der Waals surface area contributed by atoms with Gasteiger partial charge in [-0.2, -0.15) is 0 Å². The monoisotopic (exact) mass is 217 g/mol. The molecule has 1 rings (SSSR count). The Hall–Kier alpha value is -1.13. The molecular weight excluding hydrogens is 204 g/mol. The molecule has 0 saturated heterocycles. The van der Waals surface area contributed by atoms with Gasteiger partial charge in [-0.15, -0.1) is 5.46 Å². The highest BCUT2D eigenvalue weighted by molar-refractivity contribution is 6.73. The first-order valence-corrected chi connectivity index (χ1v) is 4.88. The van der Waals surface area contributed by atoms with E-state index >= 15 is 0 Å². The summed E-state index contributed by atoms with van der Waals surface area (Å²) in [6.45, 7) is -0.816. The number of rotatable bonds is 4. The summed E-state index contributed by atoms with van der Waals surface area (Å²) in [5, 5.41) is 0. The Bertz CT molecular complexity index is 336. The first-order chi connectivity index (χ1) is 6.95. The van der Waals surface area contributed by atoms with Crippen molar-refractivity contribution in [1.29, 1.82) is 0 Å². The molecule has 1 nitrogen and oxygen atoms in total. The van der Waals surface area contributed by atoms with E-state index < -0.39 is 12.4 Å². The van der Waals surface area contributed by atoms with Crippen LogP contribution in [-0.2, 0) is 0 Å². The van der Waals surface area contributed by atoms with Crippen molar-refractivity contribution >= 4 is 12.4 Å². The van der Waals surface area contributed by atoms with Crippen LogP contribution in [0.3, 0.4) is 0 Å². The normalized spacial score (nSPS) is 11.5. The summed E-state index contributed by atoms with van der Waals surface area (Å²) < 4.78 is 42.4. The highest BCUT2D eigenvalue weighted by atomic mass is 19.4. The van der Waals surface area contributed by atoms with Crippen LogP contribution in [0.2, 0.25) is 0 Å². The van der Waals surface area contributed by atoms with Gasteiger partial charge in [-0.25, -0.2) is 0 Å². The molecule has 0 N–H and O–H groups in total. The van der Waals surface area contributed by atoms with Gasteiger partial charge in [0.2, 0.25) is 0 Å². The van der Waals surface area contributed by atoms with E-state index in [9.17, 15) is 12.9 Å². The Morgan fingerprint density at radius 2 is 1.93 bits per heavy atom. The van der Waals surface area contributed by atoms with Crippen molar-refractivity contribution in [2.75, 3.05) is 6.61 Å². The van der Waals surface area contributed by atoms with Crippen LogP contribution in [0.5, 0.6) is 5.75 Å². The van der Waals surface area contributed by atoms with E-state index in [2.05, 4.69) is 0 Å². The minimum Gasteiger partial charge on any atom is -0.493 e. The molecule has 0 saturated carbocycles. The summed E-state index contributed by atoms with van der Waals surface area (Å²) in [6.07, 6.45) is 0.838. The SMILES string of the molecule is CCCOc1ccc([B-](F)(F)F)cc1C. The molecule has 0 radical (unpaired) electrons. The van der Waals surface area contributed by atoms with Crippen LogP contribution in [0.25, 0.3) is 0 Å². The lowest BCUT2D eigenvalue weighted by molar-refractivity contribution is 0.315. The maximum Gasteiger partial charge on any atom is 0.509 e. The quantitative estimate of drug-likeness (QED) is 0.704. The van der Waals surface area contributed by atoms with Crippen molar-refractivity contribution in [3.8, 4) is 5.75 Å². The van der Waals surface area contributed by atoms with Crippen molar-refractivity contribution in [1.82, 2.24) is 0 Å². The zero-order valence-corrected chi connectivity index (χ0v) is 8.77. The van der Waals surface area contributed by atoms with Crippen molar-refractivity contribution < 1.29 is 17.7 Å². The van der Waals surface area contributed by atoms with Gasteiger partial charge < -0.3 is 17.7 Å². The first-order valence-electron chi connectivity index (χ1n) is 4.88. The van der Waals surface area contributed by atoms with E-state index in [-0.39, 0.29) is 0 Å². The Labute approximate surface area is 87.3 Å². The predicted molar refractivity (Wildman–Crippen MR) is 55.7 cm³/mol. The average molecular weight is 217 g/mol. The second kappa shape index (κ2) is 4.60. The smallest absolute Gasteiger partial charge is 0.493 e. The van der Waals surface area contributed by atoms with Gasteiger partial charge in [-0.05, 0) is 25.0 Å². The summed E-state index contributed by atoms with van der Waals surface area (Å²) >= 11 is 0. The Balaban J connectivity index is 2.88. The minimum absolute atomic E-state index is 0.525. The van der Waals surface area contributed by atoms with Crippen LogP contribution in [0.4, 0.5) is 12.9 Å². The second-order valence-corrected chi connectivity index (χ2v) is 3.45. The molecule has 0 aromatic heterocycles. The number of hydrogen-bond donors (Lipinski definition) is 0. The topological polar surface area (TPSA) is 9.23 Å². The van der Waals surface area contributed by atoms with E-state index in [1.54, 1.807) is 6.92 Å². The Morgan fingerprint density at radius 1 is 1.27 bits per heavy atom. The maximum absolute atomic E-state index is 12.4. The van der Waals surface area contributed by atoms with Crippen LogP contribution in [0.1, 0.15) is 18.9 Å². The number of benzene rings is 1. The summed E-state index contributed by atoms with van der Waals surface area (Å²) in [5.41, 5.74) is -0.0449. The molecule has 15 heavy (non-hydrogen) atoms. The first kappa shape index (κ1) is 11.9. The van der Waals surface area contributed by atoms with E-state index in [0.717, 1.165) is 18.6 Å². The molecule has 0 aliphatic rings. The number of halogens is 3. The third-order valence-corrected chi connectivity index (χ3v) is 2.04. The molecule has 0 atom stereocenters. The molecule has 5 heteroatoms. The van der Waals surface area contributed by atoms with Crippen LogP contribution in [0, 0.1) is 6.92 Å². The molecule has 0 aliphatic carbocycles. The lowest BCUT2D eigenvalue weighted by Crippen LogP contribution is -2.34. The highest BCUT2D eigenvalue weighted by Crippen LogP contribution is 2.18. The molecule has 1 aromatic carbocycles. The lowest BCUT2D eigenvalue weighted by Gasteiger charge is -2.17. The van der Waals surface area contributed by atoms with E-state index in [4.69, 9.17) is 4.74 Å². The van der Waals surface area contributed by atoms with Crippen molar-refractivity contribution in [3.05, 3.63) is 23.8 Å². The van der Waals surface area contributed by atoms with Gasteiger partial charge >= 0.3 is 6.98 Å². The standard InChI is InChI=1S/C10H13BF3O/c1-3-6-15-10-5-4-9(7-8(10)2)11(12,13)14/h4-5,7H,3,6H2,1-2H3/q-1. The second-order valence-electron chi connectivity index (χ2n) is 3.45. The molecule has 0 aliphatic heterocycles. The lowest BCUT2D eigenvalue weighted by atomic mass is 9.79. The van der Waals surface area contributed by atoms with Crippen molar-refractivity contribution in [2.24, 2.45) is 0 Å². The molecule has 0 heterocycles. The van der Waals surface area contributed by atoms with Crippen molar-refractivity contribution in [2.45, 2.75) is 20.3 Å². The summed E-state index contributed by atoms with van der Waals surface area (Å²) in [4.78, 5) is 0. The molecule has 0 amide bonds. The molecule has 0 fully saturated rings. The summed E-state index contributed by atoms with van der Waals surface area (Å²) in [6, 6.07) is 3.58. The molecule has 0 spiro atoms. The number of aryl methyl sites for hydroxylation is 1. The van der Waals surface area contributed by atoms with E-state index in [1.165, 1.54) is 6.07 Å². The Morgan fingerprint density at radius 3 is 2.40 bits per heavy atom. The van der Waals surface area contributed by atoms with E-state index in [0.29, 0.717) is 17.9 Å². The molecule has 84 valence electrons. The molecular formula is C10H13BF3O-. The third kappa shape index (κ3) is 3.18. The van der Waals surface area contributed by atoms with Gasteiger partial charge in [-0.1, -0.05) is 19.1 Å². The molecule has 1 aromatic rings. The van der Waals surface area contributed by atoms with Gasteiger partial charge in [0.25, 0.3) is 0 Å². The van der Waals surface area contributed by atoms with Gasteiger partial charge in [-0.3, -0.25) is 0 Å². The summed E-state index contributed by atoms with van der Waals surface area (Å²) in [5.74, 6) is 0.528.